The highest BCUT2D eigenvalue weighted by atomic mass is 17.2. The van der Waals surface area contributed by atoms with Crippen molar-refractivity contribution in [2.75, 3.05) is 0 Å². The van der Waals surface area contributed by atoms with Crippen LogP contribution in [0.25, 0.3) is 0 Å². The lowest BCUT2D eigenvalue weighted by molar-refractivity contribution is -0.280. The van der Waals surface area contributed by atoms with Gasteiger partial charge in [-0.3, -0.25) is 0 Å². The third kappa shape index (κ3) is 20.8. The largest absolute Gasteiger partial charge is 0.354 e. The van der Waals surface area contributed by atoms with Gasteiger partial charge in [-0.25, -0.2) is 4.89 Å². The summed E-state index contributed by atoms with van der Waals surface area (Å²) in [5, 5.41) is 0.111. The molecule has 1 rings (SSSR count). The fourth-order valence-electron chi connectivity index (χ4n) is 8.04. The highest BCUT2D eigenvalue weighted by Crippen LogP contribution is 2.58. The summed E-state index contributed by atoms with van der Waals surface area (Å²) < 4.78 is 0. The van der Waals surface area contributed by atoms with Crippen LogP contribution in [-0.2, 0) is 9.69 Å². The Kier molecular flexibility index (Phi) is 29.9. The zero-order valence-corrected chi connectivity index (χ0v) is 31.8. The molecule has 1 saturated heterocycles. The van der Waals surface area contributed by atoms with Crippen LogP contribution in [0.1, 0.15) is 259 Å². The minimum Gasteiger partial charge on any atom is -0.310 e. The summed E-state index contributed by atoms with van der Waals surface area (Å²) in [7, 11) is 2.24. The fourth-order valence-corrected chi connectivity index (χ4v) is 8.04. The van der Waals surface area contributed by atoms with E-state index in [1.54, 1.807) is 0 Å². The van der Waals surface area contributed by atoms with E-state index < -0.39 is 0 Å². The lowest BCUT2D eigenvalue weighted by Gasteiger charge is -2.43. The standard InChI is InChI=1S/C42H84BO2/c1-5-9-13-17-21-25-29-33-37-41(38-34-30-26-22-18-14-10-6-2)42(44-45-43-41,39-35-31-27-23-19-15-11-7-3)40-36-32-28-24-20-16-12-8-4/h5-40H2,1-4H3. The molecule has 0 aromatic heterocycles. The Hall–Kier alpha value is -0.0151. The first-order valence-corrected chi connectivity index (χ1v) is 21.4. The van der Waals surface area contributed by atoms with E-state index in [-0.39, 0.29) is 10.9 Å². The van der Waals surface area contributed by atoms with Crippen molar-refractivity contribution in [2.45, 2.75) is 270 Å². The highest BCUT2D eigenvalue weighted by molar-refractivity contribution is 6.33. The van der Waals surface area contributed by atoms with Gasteiger partial charge in [-0.1, -0.05) is 233 Å². The molecule has 0 aromatic carbocycles. The van der Waals surface area contributed by atoms with Gasteiger partial charge >= 0.3 is 7.48 Å². The van der Waals surface area contributed by atoms with Crippen LogP contribution in [0.4, 0.5) is 0 Å². The molecule has 0 atom stereocenters. The maximum absolute atomic E-state index is 6.57. The van der Waals surface area contributed by atoms with E-state index in [1.165, 1.54) is 231 Å². The third-order valence-corrected chi connectivity index (χ3v) is 11.2. The van der Waals surface area contributed by atoms with Crippen LogP contribution < -0.4 is 0 Å². The quantitative estimate of drug-likeness (QED) is 0.0389. The van der Waals surface area contributed by atoms with Crippen LogP contribution in [-0.4, -0.2) is 13.1 Å². The molecule has 267 valence electrons. The van der Waals surface area contributed by atoms with E-state index in [0.717, 1.165) is 0 Å². The molecule has 45 heavy (non-hydrogen) atoms. The second kappa shape index (κ2) is 31.3. The maximum atomic E-state index is 6.57. The Morgan fingerprint density at radius 1 is 0.311 bits per heavy atom. The van der Waals surface area contributed by atoms with Crippen LogP contribution in [0.5, 0.6) is 0 Å². The summed E-state index contributed by atoms with van der Waals surface area (Å²) >= 11 is 0. The van der Waals surface area contributed by atoms with Gasteiger partial charge in [-0.2, -0.15) is 0 Å². The lowest BCUT2D eigenvalue weighted by Crippen LogP contribution is -2.42. The van der Waals surface area contributed by atoms with Crippen molar-refractivity contribution in [3.05, 3.63) is 0 Å². The average molecular weight is 632 g/mol. The minimum absolute atomic E-state index is 0.0975. The van der Waals surface area contributed by atoms with Crippen LogP contribution in [0, 0.1) is 0 Å². The van der Waals surface area contributed by atoms with E-state index in [9.17, 15) is 0 Å². The predicted octanol–water partition coefficient (Wildman–Crippen LogP) is 15.6. The molecule has 0 spiro atoms. The van der Waals surface area contributed by atoms with Crippen molar-refractivity contribution in [1.82, 2.24) is 0 Å². The molecule has 2 nitrogen and oxygen atoms in total. The Labute approximate surface area is 286 Å². The summed E-state index contributed by atoms with van der Waals surface area (Å²) in [6.45, 7) is 9.28. The second-order valence-electron chi connectivity index (χ2n) is 15.3. The fraction of sp³-hybridized carbons (Fsp3) is 1.00. The average Bonchev–Trinajstić information content (AvgIpc) is 3.39. The molecule has 3 heteroatoms. The maximum Gasteiger partial charge on any atom is 0.354 e. The zero-order valence-electron chi connectivity index (χ0n) is 31.8. The molecule has 1 radical (unpaired) electrons. The summed E-state index contributed by atoms with van der Waals surface area (Å²) in [6, 6.07) is 0. The van der Waals surface area contributed by atoms with Crippen molar-refractivity contribution in [1.29, 1.82) is 0 Å². The predicted molar refractivity (Wildman–Crippen MR) is 202 cm³/mol. The zero-order chi connectivity index (χ0) is 32.6. The van der Waals surface area contributed by atoms with Gasteiger partial charge in [-0.15, -0.1) is 0 Å². The van der Waals surface area contributed by atoms with Gasteiger partial charge in [0.25, 0.3) is 0 Å². The molecule has 0 aliphatic carbocycles. The van der Waals surface area contributed by atoms with E-state index in [0.29, 0.717) is 0 Å². The molecule has 1 aliphatic heterocycles. The molecule has 0 bridgehead atoms. The van der Waals surface area contributed by atoms with Gasteiger partial charge in [-0.05, 0) is 25.7 Å². The summed E-state index contributed by atoms with van der Waals surface area (Å²) in [5.41, 5.74) is -0.0975. The van der Waals surface area contributed by atoms with Gasteiger partial charge in [0.15, 0.2) is 0 Å². The van der Waals surface area contributed by atoms with Gasteiger partial charge in [0.1, 0.15) is 5.60 Å². The smallest absolute Gasteiger partial charge is 0.310 e. The number of hydrogen-bond donors (Lipinski definition) is 0. The Bertz CT molecular complexity index is 503. The monoisotopic (exact) mass is 632 g/mol. The Morgan fingerprint density at radius 3 is 0.844 bits per heavy atom. The SMILES string of the molecule is CCCCCCCCCCC1(CCCCCCCCCC)[B]OOC1(CCCCCCCCCC)CCCCCCCCCC. The molecule has 0 saturated carbocycles. The van der Waals surface area contributed by atoms with E-state index in [2.05, 4.69) is 35.2 Å². The van der Waals surface area contributed by atoms with Gasteiger partial charge in [0.05, 0.1) is 0 Å². The van der Waals surface area contributed by atoms with Crippen molar-refractivity contribution >= 4 is 7.48 Å². The third-order valence-electron chi connectivity index (χ3n) is 11.2. The van der Waals surface area contributed by atoms with Crippen molar-refractivity contribution in [3.8, 4) is 0 Å². The molecule has 0 aromatic rings. The van der Waals surface area contributed by atoms with Crippen LogP contribution in [0.3, 0.4) is 0 Å². The van der Waals surface area contributed by atoms with Crippen LogP contribution >= 0.6 is 0 Å². The first kappa shape index (κ1) is 43.0. The normalized spacial score (nSPS) is 15.6. The first-order chi connectivity index (χ1) is 22.2. The van der Waals surface area contributed by atoms with Gasteiger partial charge in [0.2, 0.25) is 0 Å². The highest BCUT2D eigenvalue weighted by Gasteiger charge is 2.57. The Morgan fingerprint density at radius 2 is 0.556 bits per heavy atom. The molecule has 0 unspecified atom stereocenters. The van der Waals surface area contributed by atoms with Crippen molar-refractivity contribution < 1.29 is 9.69 Å². The molecule has 0 N–H and O–H groups in total. The summed E-state index contributed by atoms with van der Waals surface area (Å²) in [6.07, 6.45) is 49.4. The number of hydrogen-bond acceptors (Lipinski definition) is 2. The van der Waals surface area contributed by atoms with E-state index >= 15 is 0 Å². The van der Waals surface area contributed by atoms with E-state index in [4.69, 9.17) is 9.69 Å². The molecular weight excluding hydrogens is 547 g/mol. The van der Waals surface area contributed by atoms with Gasteiger partial charge < -0.3 is 4.81 Å². The Balaban J connectivity index is 2.81. The molecule has 1 heterocycles. The van der Waals surface area contributed by atoms with Crippen molar-refractivity contribution in [2.24, 2.45) is 0 Å². The lowest BCUT2D eigenvalue weighted by atomic mass is 9.49. The molecule has 1 fully saturated rings. The summed E-state index contributed by atoms with van der Waals surface area (Å²) in [4.78, 5) is 12.6. The number of unbranched alkanes of at least 4 members (excludes halogenated alkanes) is 28. The van der Waals surface area contributed by atoms with Crippen LogP contribution in [0.2, 0.25) is 5.31 Å². The number of rotatable bonds is 36. The molecule has 1 aliphatic rings. The molecule has 0 amide bonds. The van der Waals surface area contributed by atoms with Crippen molar-refractivity contribution in [3.63, 3.8) is 0 Å². The van der Waals surface area contributed by atoms with E-state index in [1.807, 2.05) is 0 Å². The second-order valence-corrected chi connectivity index (χ2v) is 15.3. The van der Waals surface area contributed by atoms with Gasteiger partial charge in [0, 0.05) is 5.31 Å². The molecular formula is C42H84BO2. The topological polar surface area (TPSA) is 18.5 Å². The first-order valence-electron chi connectivity index (χ1n) is 21.4. The van der Waals surface area contributed by atoms with Crippen LogP contribution in [0.15, 0.2) is 0 Å². The summed E-state index contributed by atoms with van der Waals surface area (Å²) in [5.74, 6) is 0. The minimum atomic E-state index is -0.0975.